The van der Waals surface area contributed by atoms with Crippen molar-refractivity contribution in [2.45, 2.75) is 19.4 Å². The zero-order valence-electron chi connectivity index (χ0n) is 12.1. The molecule has 2 aromatic rings. The smallest absolute Gasteiger partial charge is 0.231 e. The minimum absolute atomic E-state index is 0.0911. The molecule has 108 valence electrons. The standard InChI is InChI=1S/C17H17FN2O/c1-10-7-11(3-5-14(10)18)17(19)12-4-6-15-13(8-12)9-16(21)20(15)2/h3-8,17H,9,19H2,1-2H3. The van der Waals surface area contributed by atoms with Crippen LogP contribution in [0.3, 0.4) is 0 Å². The number of fused-ring (bicyclic) bond motifs is 1. The summed E-state index contributed by atoms with van der Waals surface area (Å²) in [6.07, 6.45) is 0.412. The molecule has 1 aliphatic heterocycles. The molecule has 0 spiro atoms. The van der Waals surface area contributed by atoms with Crippen LogP contribution in [0, 0.1) is 12.7 Å². The van der Waals surface area contributed by atoms with Crippen LogP contribution < -0.4 is 10.6 Å². The summed E-state index contributed by atoms with van der Waals surface area (Å²) in [7, 11) is 1.77. The molecule has 0 aromatic heterocycles. The molecule has 3 rings (SSSR count). The van der Waals surface area contributed by atoms with Crippen LogP contribution in [0.2, 0.25) is 0 Å². The van der Waals surface area contributed by atoms with Crippen LogP contribution in [-0.2, 0) is 11.2 Å². The Hall–Kier alpha value is -2.20. The third-order valence-corrected chi connectivity index (χ3v) is 4.08. The van der Waals surface area contributed by atoms with E-state index in [1.54, 1.807) is 31.0 Å². The first-order valence-electron chi connectivity index (χ1n) is 6.88. The van der Waals surface area contributed by atoms with Gasteiger partial charge in [0.2, 0.25) is 5.91 Å². The van der Waals surface area contributed by atoms with Gasteiger partial charge in [-0.2, -0.15) is 0 Å². The third kappa shape index (κ3) is 2.32. The van der Waals surface area contributed by atoms with Crippen LogP contribution in [-0.4, -0.2) is 13.0 Å². The molecule has 1 aliphatic rings. The van der Waals surface area contributed by atoms with E-state index in [-0.39, 0.29) is 17.8 Å². The molecule has 3 nitrogen and oxygen atoms in total. The Labute approximate surface area is 123 Å². The molecule has 0 bridgehead atoms. The Morgan fingerprint density at radius 1 is 1.19 bits per heavy atom. The highest BCUT2D eigenvalue weighted by Gasteiger charge is 2.24. The van der Waals surface area contributed by atoms with Gasteiger partial charge in [0.25, 0.3) is 0 Å². The number of carbonyl (C=O) groups is 1. The number of aryl methyl sites for hydroxylation is 1. The second-order valence-electron chi connectivity index (χ2n) is 5.50. The van der Waals surface area contributed by atoms with E-state index in [9.17, 15) is 9.18 Å². The van der Waals surface area contributed by atoms with E-state index in [1.165, 1.54) is 6.07 Å². The van der Waals surface area contributed by atoms with Gasteiger partial charge in [0, 0.05) is 12.7 Å². The van der Waals surface area contributed by atoms with Crippen molar-refractivity contribution in [1.82, 2.24) is 0 Å². The number of nitrogens with two attached hydrogens (primary N) is 1. The number of hydrogen-bond acceptors (Lipinski definition) is 2. The van der Waals surface area contributed by atoms with Gasteiger partial charge >= 0.3 is 0 Å². The predicted molar refractivity (Wildman–Crippen MR) is 80.7 cm³/mol. The largest absolute Gasteiger partial charge is 0.320 e. The first kappa shape index (κ1) is 13.8. The SMILES string of the molecule is Cc1cc(C(N)c2ccc3c(c2)CC(=O)N3C)ccc1F. The first-order chi connectivity index (χ1) is 9.97. The topological polar surface area (TPSA) is 46.3 Å². The van der Waals surface area contributed by atoms with Crippen molar-refractivity contribution in [2.75, 3.05) is 11.9 Å². The molecule has 1 atom stereocenters. The van der Waals surface area contributed by atoms with E-state index in [1.807, 2.05) is 18.2 Å². The molecule has 1 amide bonds. The van der Waals surface area contributed by atoms with E-state index in [0.29, 0.717) is 12.0 Å². The van der Waals surface area contributed by atoms with E-state index in [0.717, 1.165) is 22.4 Å². The molecule has 2 aromatic carbocycles. The Balaban J connectivity index is 1.96. The Morgan fingerprint density at radius 2 is 1.86 bits per heavy atom. The molecule has 2 N–H and O–H groups in total. The molecular formula is C17H17FN2O. The lowest BCUT2D eigenvalue weighted by atomic mass is 9.96. The van der Waals surface area contributed by atoms with Gasteiger partial charge in [-0.15, -0.1) is 0 Å². The number of rotatable bonds is 2. The number of likely N-dealkylation sites (N-methyl/N-ethyl adjacent to an activating group) is 1. The van der Waals surface area contributed by atoms with Crippen LogP contribution in [0.5, 0.6) is 0 Å². The highest BCUT2D eigenvalue weighted by atomic mass is 19.1. The lowest BCUT2D eigenvalue weighted by Gasteiger charge is -2.16. The fourth-order valence-corrected chi connectivity index (χ4v) is 2.74. The van der Waals surface area contributed by atoms with E-state index in [2.05, 4.69) is 0 Å². The van der Waals surface area contributed by atoms with Crippen molar-refractivity contribution >= 4 is 11.6 Å². The molecule has 0 fully saturated rings. The molecule has 0 saturated heterocycles. The highest BCUT2D eigenvalue weighted by molar-refractivity contribution is 6.00. The van der Waals surface area contributed by atoms with Gasteiger partial charge in [-0.1, -0.05) is 24.3 Å². The fraction of sp³-hybridized carbons (Fsp3) is 0.235. The van der Waals surface area contributed by atoms with Crippen LogP contribution in [0.1, 0.15) is 28.3 Å². The van der Waals surface area contributed by atoms with Gasteiger partial charge in [0.1, 0.15) is 5.82 Å². The average molecular weight is 284 g/mol. The zero-order valence-corrected chi connectivity index (χ0v) is 12.1. The number of hydrogen-bond donors (Lipinski definition) is 1. The first-order valence-corrected chi connectivity index (χ1v) is 6.88. The van der Waals surface area contributed by atoms with Crippen molar-refractivity contribution in [1.29, 1.82) is 0 Å². The lowest BCUT2D eigenvalue weighted by Crippen LogP contribution is -2.20. The fourth-order valence-electron chi connectivity index (χ4n) is 2.74. The highest BCUT2D eigenvalue weighted by Crippen LogP contribution is 2.31. The molecule has 0 radical (unpaired) electrons. The van der Waals surface area contributed by atoms with Gasteiger partial charge in [-0.25, -0.2) is 4.39 Å². The van der Waals surface area contributed by atoms with Crippen molar-refractivity contribution in [2.24, 2.45) is 5.73 Å². The minimum Gasteiger partial charge on any atom is -0.320 e. The summed E-state index contributed by atoms with van der Waals surface area (Å²) in [5.41, 5.74) is 10.6. The monoisotopic (exact) mass is 284 g/mol. The molecule has 1 heterocycles. The summed E-state index contributed by atoms with van der Waals surface area (Å²) in [5, 5.41) is 0. The van der Waals surface area contributed by atoms with E-state index >= 15 is 0 Å². The Bertz CT molecular complexity index is 727. The van der Waals surface area contributed by atoms with Gasteiger partial charge in [0.05, 0.1) is 12.5 Å². The molecular weight excluding hydrogens is 267 g/mol. The van der Waals surface area contributed by atoms with Crippen molar-refractivity contribution in [3.8, 4) is 0 Å². The number of anilines is 1. The maximum atomic E-state index is 13.3. The molecule has 0 aliphatic carbocycles. The quantitative estimate of drug-likeness (QED) is 0.921. The van der Waals surface area contributed by atoms with Crippen molar-refractivity contribution in [3.63, 3.8) is 0 Å². The van der Waals surface area contributed by atoms with Gasteiger partial charge in [-0.3, -0.25) is 4.79 Å². The van der Waals surface area contributed by atoms with Gasteiger partial charge < -0.3 is 10.6 Å². The average Bonchev–Trinajstić information content (AvgIpc) is 2.76. The second kappa shape index (κ2) is 4.97. The van der Waals surface area contributed by atoms with E-state index in [4.69, 9.17) is 5.73 Å². The molecule has 4 heteroatoms. The third-order valence-electron chi connectivity index (χ3n) is 4.08. The van der Waals surface area contributed by atoms with E-state index < -0.39 is 0 Å². The Kier molecular flexibility index (Phi) is 3.26. The zero-order chi connectivity index (χ0) is 15.1. The molecule has 1 unspecified atom stereocenters. The minimum atomic E-state index is -0.324. The molecule has 0 saturated carbocycles. The van der Waals surface area contributed by atoms with Crippen molar-refractivity contribution in [3.05, 3.63) is 64.5 Å². The van der Waals surface area contributed by atoms with Crippen molar-refractivity contribution < 1.29 is 9.18 Å². The summed E-state index contributed by atoms with van der Waals surface area (Å²) < 4.78 is 13.3. The summed E-state index contributed by atoms with van der Waals surface area (Å²) in [5.74, 6) is -0.138. The maximum Gasteiger partial charge on any atom is 0.231 e. The second-order valence-corrected chi connectivity index (χ2v) is 5.50. The number of halogens is 1. The summed E-state index contributed by atoms with van der Waals surface area (Å²) >= 11 is 0. The lowest BCUT2D eigenvalue weighted by molar-refractivity contribution is -0.117. The number of amides is 1. The Morgan fingerprint density at radius 3 is 2.57 bits per heavy atom. The predicted octanol–water partition coefficient (Wildman–Crippen LogP) is 2.70. The molecule has 21 heavy (non-hydrogen) atoms. The number of carbonyl (C=O) groups excluding carboxylic acids is 1. The maximum absolute atomic E-state index is 13.3. The van der Waals surface area contributed by atoms with Crippen LogP contribution in [0.15, 0.2) is 36.4 Å². The van der Waals surface area contributed by atoms with Crippen LogP contribution in [0.25, 0.3) is 0 Å². The van der Waals surface area contributed by atoms with Gasteiger partial charge in [-0.05, 0) is 41.3 Å². The van der Waals surface area contributed by atoms with Crippen LogP contribution in [0.4, 0.5) is 10.1 Å². The number of benzene rings is 2. The number of nitrogens with zero attached hydrogens (tertiary/aromatic N) is 1. The van der Waals surface area contributed by atoms with Gasteiger partial charge in [0.15, 0.2) is 0 Å². The normalized spacial score (nSPS) is 15.2. The summed E-state index contributed by atoms with van der Waals surface area (Å²) in [6.45, 7) is 1.72. The summed E-state index contributed by atoms with van der Waals surface area (Å²) in [4.78, 5) is 13.4. The summed E-state index contributed by atoms with van der Waals surface area (Å²) in [6, 6.07) is 10.4. The van der Waals surface area contributed by atoms with Crippen LogP contribution >= 0.6 is 0 Å².